The normalized spacial score (nSPS) is 11.8. The molecule has 0 amide bonds. The van der Waals surface area contributed by atoms with Crippen molar-refractivity contribution in [3.05, 3.63) is 168 Å². The molecular weight excluding hydrogens is 703 g/mol. The molecule has 3 heterocycles. The molecule has 9 rings (SSSR count). The van der Waals surface area contributed by atoms with Crippen molar-refractivity contribution in [2.45, 2.75) is 39.2 Å². The third-order valence-corrected chi connectivity index (χ3v) is 10.3. The molecule has 0 atom stereocenters. The van der Waals surface area contributed by atoms with Crippen molar-refractivity contribution in [3.63, 3.8) is 0 Å². The summed E-state index contributed by atoms with van der Waals surface area (Å²) < 4.78 is 14.4. The molecule has 0 aliphatic rings. The first kappa shape index (κ1) is 35.6. The van der Waals surface area contributed by atoms with Crippen molar-refractivity contribution in [2.75, 3.05) is 0 Å². The van der Waals surface area contributed by atoms with Crippen LogP contribution in [0, 0.1) is 0 Å². The molecule has 0 saturated carbocycles. The fourth-order valence-electron chi connectivity index (χ4n) is 7.22. The maximum absolute atomic E-state index is 5.96. The number of rotatable bonds is 13. The first-order valence-corrected chi connectivity index (χ1v) is 19.6. The van der Waals surface area contributed by atoms with Gasteiger partial charge in [-0.2, -0.15) is 0 Å². The Morgan fingerprint density at radius 3 is 1.23 bits per heavy atom. The molecule has 7 nitrogen and oxygen atoms in total. The molecule has 0 radical (unpaired) electrons. The molecular formula is C50H41N5O2. The van der Waals surface area contributed by atoms with E-state index in [-0.39, 0.29) is 0 Å². The minimum Gasteiger partial charge on any atom is -0.416 e. The van der Waals surface area contributed by atoms with Crippen LogP contribution in [0.25, 0.3) is 91.9 Å². The van der Waals surface area contributed by atoms with E-state index < -0.39 is 0 Å². The van der Waals surface area contributed by atoms with Crippen LogP contribution in [-0.2, 0) is 6.54 Å². The maximum atomic E-state index is 5.96. The third-order valence-electron chi connectivity index (χ3n) is 10.3. The van der Waals surface area contributed by atoms with Gasteiger partial charge in [0.15, 0.2) is 0 Å². The second kappa shape index (κ2) is 16.3. The fraction of sp³-hybridized carbons (Fsp3) is 0.120. The quantitative estimate of drug-likeness (QED) is 0.0864. The highest BCUT2D eigenvalue weighted by atomic mass is 16.4. The van der Waals surface area contributed by atoms with Crippen molar-refractivity contribution in [1.82, 2.24) is 25.0 Å². The second-order valence-corrected chi connectivity index (χ2v) is 14.2. The van der Waals surface area contributed by atoms with Crippen LogP contribution >= 0.6 is 0 Å². The molecule has 0 bridgehead atoms. The SMILES string of the molecule is CCCCCCn1c2ccc(/C=C/c3ccc(-c4nnc(-c5ccccc5)o4)cc3)cc2c2cc(/C=C/c3ccc(-c4nnc(-c5ccccc5)o4)cc3)ccc21. The van der Waals surface area contributed by atoms with E-state index in [2.05, 4.69) is 117 Å². The second-order valence-electron chi connectivity index (χ2n) is 14.2. The van der Waals surface area contributed by atoms with Crippen LogP contribution in [0.5, 0.6) is 0 Å². The van der Waals surface area contributed by atoms with E-state index in [1.54, 1.807) is 0 Å². The molecule has 0 fully saturated rings. The molecule has 0 aliphatic heterocycles. The zero-order chi connectivity index (χ0) is 38.4. The lowest BCUT2D eigenvalue weighted by molar-refractivity contribution is 0.584. The summed E-state index contributed by atoms with van der Waals surface area (Å²) in [5, 5.41) is 19.6. The largest absolute Gasteiger partial charge is 0.416 e. The predicted molar refractivity (Wildman–Crippen MR) is 232 cm³/mol. The Hall–Kier alpha value is -7.12. The monoisotopic (exact) mass is 743 g/mol. The third kappa shape index (κ3) is 7.86. The van der Waals surface area contributed by atoms with Crippen molar-refractivity contribution < 1.29 is 8.83 Å². The summed E-state index contributed by atoms with van der Waals surface area (Å²) in [6, 6.07) is 49.7. The standard InChI is InChI=1S/C50H41N5O2/c1-2-3-4-11-32-55-45-30-24-37(18-16-35-20-26-41(27-21-35)49-53-51-47(56-49)39-12-7-5-8-13-39)33-43(45)44-34-38(25-31-46(44)55)19-17-36-22-28-42(29-23-36)50-54-52-48(57-50)40-14-9-6-10-15-40/h5-10,12-31,33-34H,2-4,11,32H2,1H3/b18-16+,19-17+. The molecule has 0 unspecified atom stereocenters. The van der Waals surface area contributed by atoms with Crippen LogP contribution in [0.15, 0.2) is 154 Å². The van der Waals surface area contributed by atoms with E-state index in [1.165, 1.54) is 41.1 Å². The zero-order valence-corrected chi connectivity index (χ0v) is 31.8. The van der Waals surface area contributed by atoms with E-state index in [1.807, 2.05) is 84.9 Å². The first-order valence-electron chi connectivity index (χ1n) is 19.6. The maximum Gasteiger partial charge on any atom is 0.248 e. The lowest BCUT2D eigenvalue weighted by Gasteiger charge is -2.07. The summed E-state index contributed by atoms with van der Waals surface area (Å²) in [7, 11) is 0. The topological polar surface area (TPSA) is 82.8 Å². The van der Waals surface area contributed by atoms with Crippen LogP contribution in [0.4, 0.5) is 0 Å². The number of aromatic nitrogens is 5. The van der Waals surface area contributed by atoms with E-state index >= 15 is 0 Å². The molecule has 7 heteroatoms. The van der Waals surface area contributed by atoms with Crippen molar-refractivity contribution in [3.8, 4) is 45.8 Å². The van der Waals surface area contributed by atoms with Crippen LogP contribution < -0.4 is 0 Å². The number of aryl methyl sites for hydroxylation is 1. The highest BCUT2D eigenvalue weighted by molar-refractivity contribution is 6.09. The molecule has 0 saturated heterocycles. The number of fused-ring (bicyclic) bond motifs is 3. The minimum absolute atomic E-state index is 0.506. The van der Waals surface area contributed by atoms with Crippen molar-refractivity contribution in [1.29, 1.82) is 0 Å². The van der Waals surface area contributed by atoms with Gasteiger partial charge in [0.2, 0.25) is 23.6 Å². The predicted octanol–water partition coefficient (Wildman–Crippen LogP) is 13.1. The fourth-order valence-corrected chi connectivity index (χ4v) is 7.22. The number of unbranched alkanes of at least 4 members (excludes halogenated alkanes) is 3. The lowest BCUT2D eigenvalue weighted by atomic mass is 10.0. The van der Waals surface area contributed by atoms with Gasteiger partial charge in [-0.25, -0.2) is 0 Å². The van der Waals surface area contributed by atoms with Gasteiger partial charge in [0.05, 0.1) is 0 Å². The Bertz CT molecular complexity index is 2620. The Labute approximate surface area is 331 Å². The van der Waals surface area contributed by atoms with Crippen LogP contribution in [0.3, 0.4) is 0 Å². The minimum atomic E-state index is 0.506. The Balaban J connectivity index is 0.951. The van der Waals surface area contributed by atoms with Gasteiger partial charge in [0.25, 0.3) is 0 Å². The summed E-state index contributed by atoms with van der Waals surface area (Å²) in [5.74, 6) is 2.04. The summed E-state index contributed by atoms with van der Waals surface area (Å²) in [5.41, 5.74) is 10.6. The summed E-state index contributed by atoms with van der Waals surface area (Å²) >= 11 is 0. The van der Waals surface area contributed by atoms with Gasteiger partial charge in [-0.1, -0.05) is 123 Å². The summed E-state index contributed by atoms with van der Waals surface area (Å²) in [6.45, 7) is 3.26. The van der Waals surface area contributed by atoms with Gasteiger partial charge in [0.1, 0.15) is 0 Å². The van der Waals surface area contributed by atoms with Gasteiger partial charge in [-0.15, -0.1) is 20.4 Å². The van der Waals surface area contributed by atoms with E-state index in [0.29, 0.717) is 23.6 Å². The average molecular weight is 744 g/mol. The molecule has 57 heavy (non-hydrogen) atoms. The Morgan fingerprint density at radius 2 is 0.807 bits per heavy atom. The van der Waals surface area contributed by atoms with E-state index in [0.717, 1.165) is 57.5 Å². The van der Waals surface area contributed by atoms with Gasteiger partial charge < -0.3 is 13.4 Å². The van der Waals surface area contributed by atoms with Crippen LogP contribution in [0.2, 0.25) is 0 Å². The number of benzene rings is 6. The molecule has 0 aliphatic carbocycles. The van der Waals surface area contributed by atoms with Gasteiger partial charge >= 0.3 is 0 Å². The van der Waals surface area contributed by atoms with Crippen molar-refractivity contribution >= 4 is 46.1 Å². The number of hydrogen-bond donors (Lipinski definition) is 0. The average Bonchev–Trinajstić information content (AvgIpc) is 4.04. The van der Waals surface area contributed by atoms with Crippen molar-refractivity contribution in [2.24, 2.45) is 0 Å². The van der Waals surface area contributed by atoms with Crippen LogP contribution in [-0.4, -0.2) is 25.0 Å². The number of hydrogen-bond acceptors (Lipinski definition) is 6. The highest BCUT2D eigenvalue weighted by Crippen LogP contribution is 2.33. The molecule has 6 aromatic carbocycles. The Morgan fingerprint density at radius 1 is 0.421 bits per heavy atom. The van der Waals surface area contributed by atoms with E-state index in [4.69, 9.17) is 8.83 Å². The lowest BCUT2D eigenvalue weighted by Crippen LogP contribution is -1.97. The molecule has 278 valence electrons. The zero-order valence-electron chi connectivity index (χ0n) is 31.8. The molecule has 0 N–H and O–H groups in total. The summed E-state index contributed by atoms with van der Waals surface area (Å²) in [4.78, 5) is 0. The van der Waals surface area contributed by atoms with Gasteiger partial charge in [-0.3, -0.25) is 0 Å². The highest BCUT2D eigenvalue weighted by Gasteiger charge is 2.13. The van der Waals surface area contributed by atoms with E-state index in [9.17, 15) is 0 Å². The molecule has 0 spiro atoms. The summed E-state index contributed by atoms with van der Waals surface area (Å²) in [6.07, 6.45) is 13.6. The molecule has 3 aromatic heterocycles. The first-order chi connectivity index (χ1) is 28.2. The number of nitrogens with zero attached hydrogens (tertiary/aromatic N) is 5. The van der Waals surface area contributed by atoms with Crippen LogP contribution in [0.1, 0.15) is 54.9 Å². The van der Waals surface area contributed by atoms with Gasteiger partial charge in [0, 0.05) is 50.6 Å². The molecule has 9 aromatic rings. The Kier molecular flexibility index (Phi) is 10.2. The smallest absolute Gasteiger partial charge is 0.248 e. The van der Waals surface area contributed by atoms with Gasteiger partial charge in [-0.05, 0) is 101 Å².